The number of aliphatic carboxylic acids is 1. The van der Waals surface area contributed by atoms with Crippen LogP contribution in [-0.2, 0) is 9.22 Å². The van der Waals surface area contributed by atoms with Crippen molar-refractivity contribution in [2.24, 2.45) is 0 Å². The molecule has 4 heteroatoms. The summed E-state index contributed by atoms with van der Waals surface area (Å²) in [6.07, 6.45) is -0.647. The molecule has 0 aliphatic heterocycles. The molecule has 1 unspecified atom stereocenters. The molecule has 0 aromatic heterocycles. The Morgan fingerprint density at radius 2 is 1.69 bits per heavy atom. The zero-order valence-corrected chi connectivity index (χ0v) is 9.96. The first-order valence-corrected chi connectivity index (χ1v) is 7.45. The standard InChI is InChI=1S/C9H20O3Si/c1-5-13(6-2,7-3)12-8(4)9(10)11/h8H,5-7H2,1-4H3,(H,10,11). The Kier molecular flexibility index (Phi) is 5.25. The van der Waals surface area contributed by atoms with Crippen molar-refractivity contribution in [3.63, 3.8) is 0 Å². The minimum Gasteiger partial charge on any atom is -0.479 e. The van der Waals surface area contributed by atoms with E-state index in [1.54, 1.807) is 6.92 Å². The largest absolute Gasteiger partial charge is 0.479 e. The maximum absolute atomic E-state index is 10.6. The number of carboxylic acid groups (broad SMARTS) is 1. The van der Waals surface area contributed by atoms with E-state index in [-0.39, 0.29) is 0 Å². The Balaban J connectivity index is 4.32. The lowest BCUT2D eigenvalue weighted by molar-refractivity contribution is -0.144. The number of carbonyl (C=O) groups is 1. The summed E-state index contributed by atoms with van der Waals surface area (Å²) in [6.45, 7) is 7.89. The summed E-state index contributed by atoms with van der Waals surface area (Å²) in [5.41, 5.74) is 0. The zero-order chi connectivity index (χ0) is 10.5. The minimum absolute atomic E-state index is 0.647. The molecule has 0 saturated heterocycles. The number of hydrogen-bond donors (Lipinski definition) is 1. The van der Waals surface area contributed by atoms with Crippen LogP contribution in [0.5, 0.6) is 0 Å². The first-order chi connectivity index (χ1) is 6.01. The van der Waals surface area contributed by atoms with Crippen molar-refractivity contribution in [1.29, 1.82) is 0 Å². The van der Waals surface area contributed by atoms with Crippen LogP contribution in [0, 0.1) is 0 Å². The van der Waals surface area contributed by atoms with Gasteiger partial charge in [-0.2, -0.15) is 0 Å². The molecular formula is C9H20O3Si. The average Bonchev–Trinajstić information content (AvgIpc) is 2.14. The van der Waals surface area contributed by atoms with E-state index in [4.69, 9.17) is 9.53 Å². The van der Waals surface area contributed by atoms with Crippen molar-refractivity contribution >= 4 is 14.3 Å². The maximum Gasteiger partial charge on any atom is 0.331 e. The molecule has 0 bridgehead atoms. The quantitative estimate of drug-likeness (QED) is 0.676. The fourth-order valence-electron chi connectivity index (χ4n) is 1.43. The molecule has 0 rings (SSSR count). The van der Waals surface area contributed by atoms with Gasteiger partial charge in [0.15, 0.2) is 8.32 Å². The molecule has 1 N–H and O–H groups in total. The van der Waals surface area contributed by atoms with E-state index in [1.807, 2.05) is 0 Å². The molecule has 0 radical (unpaired) electrons. The molecule has 0 saturated carbocycles. The van der Waals surface area contributed by atoms with Crippen LogP contribution in [0.3, 0.4) is 0 Å². The Labute approximate surface area is 81.2 Å². The molecule has 13 heavy (non-hydrogen) atoms. The summed E-state index contributed by atoms with van der Waals surface area (Å²) < 4.78 is 5.69. The van der Waals surface area contributed by atoms with Gasteiger partial charge in [0.1, 0.15) is 6.10 Å². The van der Waals surface area contributed by atoms with Crippen molar-refractivity contribution in [2.45, 2.75) is 51.9 Å². The van der Waals surface area contributed by atoms with Crippen molar-refractivity contribution in [1.82, 2.24) is 0 Å². The lowest BCUT2D eigenvalue weighted by atomic mass is 10.4. The van der Waals surface area contributed by atoms with Crippen LogP contribution in [0.2, 0.25) is 18.1 Å². The van der Waals surface area contributed by atoms with Gasteiger partial charge < -0.3 is 9.53 Å². The van der Waals surface area contributed by atoms with Gasteiger partial charge in [0.2, 0.25) is 0 Å². The Morgan fingerprint density at radius 3 is 1.92 bits per heavy atom. The van der Waals surface area contributed by atoms with Crippen molar-refractivity contribution in [2.75, 3.05) is 0 Å². The highest BCUT2D eigenvalue weighted by atomic mass is 28.4. The fourth-order valence-corrected chi connectivity index (χ4v) is 4.28. The van der Waals surface area contributed by atoms with E-state index in [0.717, 1.165) is 18.1 Å². The van der Waals surface area contributed by atoms with E-state index in [2.05, 4.69) is 20.8 Å². The highest BCUT2D eigenvalue weighted by Crippen LogP contribution is 2.23. The molecule has 0 amide bonds. The molecule has 78 valence electrons. The fraction of sp³-hybridized carbons (Fsp3) is 0.889. The van der Waals surface area contributed by atoms with Crippen LogP contribution in [0.4, 0.5) is 0 Å². The van der Waals surface area contributed by atoms with Gasteiger partial charge in [-0.25, -0.2) is 4.79 Å². The highest BCUT2D eigenvalue weighted by Gasteiger charge is 2.32. The van der Waals surface area contributed by atoms with Crippen molar-refractivity contribution in [3.05, 3.63) is 0 Å². The van der Waals surface area contributed by atoms with Gasteiger partial charge in [-0.1, -0.05) is 20.8 Å². The first-order valence-electron chi connectivity index (χ1n) is 4.92. The minimum atomic E-state index is -1.72. The van der Waals surface area contributed by atoms with Crippen molar-refractivity contribution in [3.8, 4) is 0 Å². The van der Waals surface area contributed by atoms with Crippen molar-refractivity contribution < 1.29 is 14.3 Å². The smallest absolute Gasteiger partial charge is 0.331 e. The molecule has 0 aliphatic rings. The third-order valence-electron chi connectivity index (χ3n) is 2.71. The Bertz CT molecular complexity index is 158. The van der Waals surface area contributed by atoms with E-state index < -0.39 is 20.4 Å². The number of rotatable bonds is 6. The number of hydrogen-bond acceptors (Lipinski definition) is 2. The summed E-state index contributed by atoms with van der Waals surface area (Å²) in [6, 6.07) is 2.99. The predicted molar refractivity (Wildman–Crippen MR) is 55.4 cm³/mol. The third kappa shape index (κ3) is 3.48. The van der Waals surface area contributed by atoms with Crippen LogP contribution < -0.4 is 0 Å². The van der Waals surface area contributed by atoms with Gasteiger partial charge in [-0.15, -0.1) is 0 Å². The second-order valence-electron chi connectivity index (χ2n) is 3.34. The van der Waals surface area contributed by atoms with Crippen LogP contribution in [-0.4, -0.2) is 25.5 Å². The molecule has 3 nitrogen and oxygen atoms in total. The normalized spacial score (nSPS) is 14.2. The van der Waals surface area contributed by atoms with Crippen LogP contribution in [0.25, 0.3) is 0 Å². The molecule has 1 atom stereocenters. The monoisotopic (exact) mass is 204 g/mol. The zero-order valence-electron chi connectivity index (χ0n) is 8.96. The average molecular weight is 204 g/mol. The lowest BCUT2D eigenvalue weighted by Crippen LogP contribution is -2.41. The summed E-state index contributed by atoms with van der Waals surface area (Å²) in [5.74, 6) is -0.854. The Hall–Kier alpha value is -0.353. The topological polar surface area (TPSA) is 46.5 Å². The second kappa shape index (κ2) is 5.39. The summed E-state index contributed by atoms with van der Waals surface area (Å²) in [7, 11) is -1.72. The summed E-state index contributed by atoms with van der Waals surface area (Å²) in [4.78, 5) is 10.6. The van der Waals surface area contributed by atoms with Crippen LogP contribution >= 0.6 is 0 Å². The van der Waals surface area contributed by atoms with E-state index in [0.29, 0.717) is 0 Å². The van der Waals surface area contributed by atoms with Gasteiger partial charge in [0.25, 0.3) is 0 Å². The molecule has 0 aromatic rings. The molecule has 0 aliphatic carbocycles. The van der Waals surface area contributed by atoms with E-state index in [9.17, 15) is 4.79 Å². The van der Waals surface area contributed by atoms with E-state index >= 15 is 0 Å². The van der Waals surface area contributed by atoms with Gasteiger partial charge in [-0.05, 0) is 25.1 Å². The Morgan fingerprint density at radius 1 is 1.31 bits per heavy atom. The molecule has 0 aromatic carbocycles. The summed E-state index contributed by atoms with van der Waals surface area (Å²) >= 11 is 0. The van der Waals surface area contributed by atoms with E-state index in [1.165, 1.54) is 0 Å². The maximum atomic E-state index is 10.6. The third-order valence-corrected chi connectivity index (χ3v) is 7.43. The van der Waals surface area contributed by atoms with Gasteiger partial charge in [0, 0.05) is 0 Å². The molecule has 0 fully saturated rings. The second-order valence-corrected chi connectivity index (χ2v) is 8.07. The van der Waals surface area contributed by atoms with Crippen LogP contribution in [0.1, 0.15) is 27.7 Å². The highest BCUT2D eigenvalue weighted by molar-refractivity contribution is 6.73. The molecular weight excluding hydrogens is 184 g/mol. The lowest BCUT2D eigenvalue weighted by Gasteiger charge is -2.29. The number of carboxylic acids is 1. The first kappa shape index (κ1) is 12.6. The molecule has 0 spiro atoms. The summed E-state index contributed by atoms with van der Waals surface area (Å²) in [5, 5.41) is 8.73. The molecule has 0 heterocycles. The van der Waals surface area contributed by atoms with Gasteiger partial charge >= 0.3 is 5.97 Å². The van der Waals surface area contributed by atoms with Gasteiger partial charge in [0.05, 0.1) is 0 Å². The SMILES string of the molecule is CC[Si](CC)(CC)OC(C)C(=O)O. The van der Waals surface area contributed by atoms with Crippen LogP contribution in [0.15, 0.2) is 0 Å². The van der Waals surface area contributed by atoms with Gasteiger partial charge in [-0.3, -0.25) is 0 Å². The predicted octanol–water partition coefficient (Wildman–Crippen LogP) is 2.48.